The Morgan fingerprint density at radius 1 is 1.10 bits per heavy atom. The van der Waals surface area contributed by atoms with Crippen LogP contribution >= 0.6 is 0 Å². The molecule has 0 saturated carbocycles. The number of alkyl carbamates (subject to hydrolysis) is 1. The number of hydrogen-bond donors (Lipinski definition) is 2. The van der Waals surface area contributed by atoms with Gasteiger partial charge in [-0.05, 0) is 41.0 Å². The molecule has 2 N–H and O–H groups in total. The van der Waals surface area contributed by atoms with Crippen molar-refractivity contribution in [1.29, 1.82) is 0 Å². The number of aromatic nitrogens is 1. The predicted octanol–water partition coefficient (Wildman–Crippen LogP) is 4.08. The zero-order valence-electron chi connectivity index (χ0n) is 17.9. The van der Waals surface area contributed by atoms with Crippen LogP contribution in [0, 0.1) is 0 Å². The third-order valence-electron chi connectivity index (χ3n) is 3.96. The molecule has 158 valence electrons. The van der Waals surface area contributed by atoms with Crippen molar-refractivity contribution in [3.05, 3.63) is 42.4 Å². The Bertz CT molecular complexity index is 807. The first-order valence-electron chi connectivity index (χ1n) is 9.82. The number of carbonyl (C=O) groups is 2. The van der Waals surface area contributed by atoms with Crippen molar-refractivity contribution in [2.45, 2.75) is 65.0 Å². The third-order valence-corrected chi connectivity index (χ3v) is 3.96. The molecule has 0 bridgehead atoms. The van der Waals surface area contributed by atoms with E-state index in [1.165, 1.54) is 0 Å². The van der Waals surface area contributed by atoms with Gasteiger partial charge in [0, 0.05) is 24.9 Å². The molecule has 0 radical (unpaired) electrons. The maximum absolute atomic E-state index is 12.2. The molecule has 0 unspecified atom stereocenters. The van der Waals surface area contributed by atoms with E-state index in [-0.39, 0.29) is 12.5 Å². The molecule has 0 aliphatic rings. The van der Waals surface area contributed by atoms with Crippen LogP contribution in [0.2, 0.25) is 0 Å². The number of carbonyl (C=O) groups excluding carboxylic acids is 2. The van der Waals surface area contributed by atoms with Crippen molar-refractivity contribution >= 4 is 12.0 Å². The summed E-state index contributed by atoms with van der Waals surface area (Å²) in [5.41, 5.74) is -0.169. The molecule has 0 aliphatic heterocycles. The van der Waals surface area contributed by atoms with E-state index in [2.05, 4.69) is 15.6 Å². The normalized spacial score (nSPS) is 11.8. The fourth-order valence-corrected chi connectivity index (χ4v) is 2.65. The molecule has 2 aromatic rings. The Balaban J connectivity index is 1.72. The molecule has 0 atom stereocenters. The van der Waals surface area contributed by atoms with E-state index in [4.69, 9.17) is 9.15 Å². The minimum absolute atomic E-state index is 0.0872. The molecular weight excluding hydrogens is 370 g/mol. The highest BCUT2D eigenvalue weighted by molar-refractivity contribution is 5.77. The van der Waals surface area contributed by atoms with Crippen LogP contribution in [0.4, 0.5) is 4.79 Å². The lowest BCUT2D eigenvalue weighted by molar-refractivity contribution is -0.122. The average Bonchev–Trinajstić information content (AvgIpc) is 3.08. The lowest BCUT2D eigenvalue weighted by Crippen LogP contribution is -2.52. The molecule has 7 nitrogen and oxygen atoms in total. The highest BCUT2D eigenvalue weighted by Gasteiger charge is 2.23. The van der Waals surface area contributed by atoms with E-state index < -0.39 is 17.2 Å². The van der Waals surface area contributed by atoms with Crippen molar-refractivity contribution < 1.29 is 18.7 Å². The van der Waals surface area contributed by atoms with Crippen LogP contribution in [0.25, 0.3) is 11.3 Å². The molecule has 0 spiro atoms. The van der Waals surface area contributed by atoms with E-state index in [0.29, 0.717) is 25.2 Å². The summed E-state index contributed by atoms with van der Waals surface area (Å²) < 4.78 is 11.0. The molecule has 29 heavy (non-hydrogen) atoms. The number of hydrogen-bond acceptors (Lipinski definition) is 5. The van der Waals surface area contributed by atoms with E-state index >= 15 is 0 Å². The molecule has 1 aromatic carbocycles. The fraction of sp³-hybridized carbons (Fsp3) is 0.500. The second-order valence-electron chi connectivity index (χ2n) is 8.63. The standard InChI is InChI=1S/C22H31N3O4/c1-21(2,3)29-20(27)24-15-22(4,5)25-18(26)12-9-13-19-23-14-17(28-19)16-10-7-6-8-11-16/h6-8,10-11,14H,9,12-13,15H2,1-5H3,(H,24,27)(H,25,26). The molecule has 7 heteroatoms. The van der Waals surface area contributed by atoms with Crippen molar-refractivity contribution in [2.24, 2.45) is 0 Å². The zero-order valence-corrected chi connectivity index (χ0v) is 17.9. The third kappa shape index (κ3) is 8.37. The largest absolute Gasteiger partial charge is 0.444 e. The second kappa shape index (κ2) is 9.58. The molecule has 0 saturated heterocycles. The number of ether oxygens (including phenoxy) is 1. The molecular formula is C22H31N3O4. The second-order valence-corrected chi connectivity index (χ2v) is 8.63. The summed E-state index contributed by atoms with van der Waals surface area (Å²) in [6.45, 7) is 9.38. The Labute approximate surface area is 172 Å². The summed E-state index contributed by atoms with van der Waals surface area (Å²) in [4.78, 5) is 28.3. The fourth-order valence-electron chi connectivity index (χ4n) is 2.65. The summed E-state index contributed by atoms with van der Waals surface area (Å²) in [7, 11) is 0. The van der Waals surface area contributed by atoms with Crippen LogP contribution in [0.5, 0.6) is 0 Å². The van der Waals surface area contributed by atoms with Gasteiger partial charge < -0.3 is 19.8 Å². The van der Waals surface area contributed by atoms with Gasteiger partial charge in [0.25, 0.3) is 0 Å². The number of aryl methyl sites for hydroxylation is 1. The summed E-state index contributed by atoms with van der Waals surface area (Å²) in [6.07, 6.45) is 2.75. The highest BCUT2D eigenvalue weighted by Crippen LogP contribution is 2.20. The van der Waals surface area contributed by atoms with Gasteiger partial charge in [-0.15, -0.1) is 0 Å². The predicted molar refractivity (Wildman–Crippen MR) is 111 cm³/mol. The van der Waals surface area contributed by atoms with Crippen LogP contribution in [0.1, 0.15) is 53.4 Å². The number of amides is 2. The van der Waals surface area contributed by atoms with Crippen molar-refractivity contribution in [1.82, 2.24) is 15.6 Å². The zero-order chi connectivity index (χ0) is 21.5. The molecule has 1 heterocycles. The highest BCUT2D eigenvalue weighted by atomic mass is 16.6. The van der Waals surface area contributed by atoms with Gasteiger partial charge in [-0.2, -0.15) is 0 Å². The van der Waals surface area contributed by atoms with Gasteiger partial charge in [0.05, 0.1) is 11.7 Å². The summed E-state index contributed by atoms with van der Waals surface area (Å²) in [5, 5.41) is 5.62. The molecule has 2 rings (SSSR count). The lowest BCUT2D eigenvalue weighted by Gasteiger charge is -2.27. The maximum Gasteiger partial charge on any atom is 0.407 e. The number of benzene rings is 1. The number of nitrogens with zero attached hydrogens (tertiary/aromatic N) is 1. The SMILES string of the molecule is CC(C)(CNC(=O)OC(C)(C)C)NC(=O)CCCc1ncc(-c2ccccc2)o1. The Morgan fingerprint density at radius 3 is 2.45 bits per heavy atom. The Morgan fingerprint density at radius 2 is 1.79 bits per heavy atom. The minimum atomic E-state index is -0.586. The maximum atomic E-state index is 12.2. The number of rotatable bonds is 8. The summed E-state index contributed by atoms with van der Waals surface area (Å²) in [6, 6.07) is 9.77. The van der Waals surface area contributed by atoms with Gasteiger partial charge in [0.1, 0.15) is 5.60 Å². The first-order valence-corrected chi connectivity index (χ1v) is 9.82. The van der Waals surface area contributed by atoms with Crippen LogP contribution in [0.3, 0.4) is 0 Å². The molecule has 0 aliphatic carbocycles. The lowest BCUT2D eigenvalue weighted by atomic mass is 10.1. The molecule has 2 amide bonds. The van der Waals surface area contributed by atoms with E-state index in [1.807, 2.05) is 44.2 Å². The number of nitrogens with one attached hydrogen (secondary N) is 2. The summed E-state index contributed by atoms with van der Waals surface area (Å²) >= 11 is 0. The Kier molecular flexibility index (Phi) is 7.42. The smallest absolute Gasteiger partial charge is 0.407 e. The first kappa shape index (κ1) is 22.5. The van der Waals surface area contributed by atoms with Crippen LogP contribution in [0.15, 0.2) is 40.9 Å². The first-order chi connectivity index (χ1) is 13.5. The minimum Gasteiger partial charge on any atom is -0.444 e. The van der Waals surface area contributed by atoms with E-state index in [0.717, 1.165) is 11.3 Å². The molecule has 1 aromatic heterocycles. The van der Waals surface area contributed by atoms with E-state index in [9.17, 15) is 9.59 Å². The van der Waals surface area contributed by atoms with Gasteiger partial charge in [0.15, 0.2) is 11.7 Å². The average molecular weight is 402 g/mol. The quantitative estimate of drug-likeness (QED) is 0.695. The monoisotopic (exact) mass is 401 g/mol. The van der Waals surface area contributed by atoms with Gasteiger partial charge in [-0.25, -0.2) is 9.78 Å². The van der Waals surface area contributed by atoms with Crippen molar-refractivity contribution in [2.75, 3.05) is 6.54 Å². The number of oxazole rings is 1. The van der Waals surface area contributed by atoms with Crippen molar-refractivity contribution in [3.63, 3.8) is 0 Å². The van der Waals surface area contributed by atoms with Gasteiger partial charge in [-0.3, -0.25) is 4.79 Å². The topological polar surface area (TPSA) is 93.5 Å². The van der Waals surface area contributed by atoms with Gasteiger partial charge in [-0.1, -0.05) is 30.3 Å². The van der Waals surface area contributed by atoms with Crippen LogP contribution in [-0.4, -0.2) is 34.7 Å². The summed E-state index contributed by atoms with van der Waals surface area (Å²) in [5.74, 6) is 1.25. The van der Waals surface area contributed by atoms with E-state index in [1.54, 1.807) is 27.0 Å². The Hall–Kier alpha value is -2.83. The van der Waals surface area contributed by atoms with Gasteiger partial charge >= 0.3 is 6.09 Å². The van der Waals surface area contributed by atoms with Crippen LogP contribution < -0.4 is 10.6 Å². The van der Waals surface area contributed by atoms with Gasteiger partial charge in [0.2, 0.25) is 5.91 Å². The van der Waals surface area contributed by atoms with Crippen molar-refractivity contribution in [3.8, 4) is 11.3 Å². The molecule has 0 fully saturated rings. The van der Waals surface area contributed by atoms with Crippen LogP contribution in [-0.2, 0) is 16.0 Å².